The van der Waals surface area contributed by atoms with Crippen LogP contribution in [0.3, 0.4) is 0 Å². The molecule has 0 aromatic carbocycles. The van der Waals surface area contributed by atoms with E-state index in [2.05, 4.69) is 5.32 Å². The van der Waals surface area contributed by atoms with Gasteiger partial charge in [-0.3, -0.25) is 0 Å². The molecule has 0 aromatic heterocycles. The Morgan fingerprint density at radius 1 is 1.04 bits per heavy atom. The number of nitrogens with two attached hydrogens (primary N) is 2. The summed E-state index contributed by atoms with van der Waals surface area (Å²) in [5.74, 6) is 0.374. The van der Waals surface area contributed by atoms with Crippen molar-refractivity contribution in [3.05, 3.63) is 0 Å². The van der Waals surface area contributed by atoms with Crippen molar-refractivity contribution in [1.82, 2.24) is 5.32 Å². The fraction of sp³-hybridized carbons (Fsp3) is 1.00. The van der Waals surface area contributed by atoms with Gasteiger partial charge in [0.05, 0.1) is 18.2 Å². The molecule has 10 N–H and O–H groups in total. The van der Waals surface area contributed by atoms with Gasteiger partial charge >= 0.3 is 0 Å². The number of aliphatic hydroxyl groups is 5. The summed E-state index contributed by atoms with van der Waals surface area (Å²) in [6.07, 6.45) is -9.15. The van der Waals surface area contributed by atoms with Gasteiger partial charge < -0.3 is 51.8 Å². The summed E-state index contributed by atoms with van der Waals surface area (Å²) in [6.45, 7) is 6.14. The largest absolute Gasteiger partial charge is 0.391 e. The van der Waals surface area contributed by atoms with Crippen LogP contribution in [0.2, 0.25) is 0 Å². The van der Waals surface area contributed by atoms with Gasteiger partial charge in [-0.2, -0.15) is 0 Å². The number of hydrogen-bond acceptors (Lipinski definition) is 10. The molecule has 0 amide bonds. The van der Waals surface area contributed by atoms with Crippen LogP contribution in [0.15, 0.2) is 0 Å². The first-order valence-electron chi connectivity index (χ1n) is 9.50. The smallest absolute Gasteiger partial charge is 0.176 e. The second-order valence-electron chi connectivity index (χ2n) is 8.16. The van der Waals surface area contributed by atoms with E-state index in [1.165, 1.54) is 6.92 Å². The molecule has 2 fully saturated rings. The van der Waals surface area contributed by atoms with Gasteiger partial charge in [-0.15, -0.1) is 0 Å². The molecule has 1 saturated carbocycles. The molecule has 0 radical (unpaired) electrons. The van der Waals surface area contributed by atoms with Crippen molar-refractivity contribution in [2.45, 2.75) is 94.3 Å². The molecule has 1 aliphatic heterocycles. The van der Waals surface area contributed by atoms with Crippen LogP contribution < -0.4 is 16.8 Å². The Bertz CT molecular complexity index is 470. The van der Waals surface area contributed by atoms with Gasteiger partial charge in [-0.1, -0.05) is 13.8 Å². The third-order valence-corrected chi connectivity index (χ3v) is 5.29. The fourth-order valence-electron chi connectivity index (χ4n) is 3.61. The van der Waals surface area contributed by atoms with E-state index >= 15 is 0 Å². The number of aliphatic hydroxyl groups excluding tert-OH is 5. The molecular formula is C17H35N3O7. The molecule has 4 unspecified atom stereocenters. The van der Waals surface area contributed by atoms with Crippen LogP contribution in [0.4, 0.5) is 0 Å². The standard InChI is InChI=1S/C17H35N3O7/c1-6(2)5-20-9-4-8(18)16(13(24)11(9)22)27-17-10(19)12(23)14(25)15(26-17)7(3)21/h6-17,20-25H,4-5,18-19H2,1-3H3/t7-,8?,9-,10?,11-,12-,13?,14+,15?,16-,17-/m1/s1. The fourth-order valence-corrected chi connectivity index (χ4v) is 3.61. The summed E-state index contributed by atoms with van der Waals surface area (Å²) in [4.78, 5) is 0. The molecule has 2 rings (SSSR count). The highest BCUT2D eigenvalue weighted by molar-refractivity contribution is 5.00. The molecule has 0 bridgehead atoms. The van der Waals surface area contributed by atoms with E-state index in [1.54, 1.807) is 0 Å². The summed E-state index contributed by atoms with van der Waals surface area (Å²) in [7, 11) is 0. The van der Waals surface area contributed by atoms with Crippen LogP contribution in [0.1, 0.15) is 27.2 Å². The number of ether oxygens (including phenoxy) is 2. The molecule has 10 heteroatoms. The van der Waals surface area contributed by atoms with Gasteiger partial charge in [0.2, 0.25) is 0 Å². The van der Waals surface area contributed by atoms with Crippen LogP contribution in [-0.4, -0.2) is 99.2 Å². The highest BCUT2D eigenvalue weighted by Crippen LogP contribution is 2.28. The Hall–Kier alpha value is -0.400. The molecule has 11 atom stereocenters. The van der Waals surface area contributed by atoms with Crippen LogP contribution >= 0.6 is 0 Å². The zero-order valence-electron chi connectivity index (χ0n) is 16.0. The molecule has 1 heterocycles. The van der Waals surface area contributed by atoms with Crippen molar-refractivity contribution in [2.75, 3.05) is 6.54 Å². The topological polar surface area (TPSA) is 184 Å². The van der Waals surface area contributed by atoms with Crippen molar-refractivity contribution >= 4 is 0 Å². The first-order chi connectivity index (χ1) is 12.5. The lowest BCUT2D eigenvalue weighted by atomic mass is 9.83. The monoisotopic (exact) mass is 393 g/mol. The van der Waals surface area contributed by atoms with Gasteiger partial charge in [0, 0.05) is 12.1 Å². The molecular weight excluding hydrogens is 358 g/mol. The van der Waals surface area contributed by atoms with E-state index in [-0.39, 0.29) is 6.04 Å². The number of rotatable bonds is 6. The van der Waals surface area contributed by atoms with Crippen molar-refractivity contribution in [3.8, 4) is 0 Å². The van der Waals surface area contributed by atoms with Gasteiger partial charge in [-0.25, -0.2) is 0 Å². The minimum Gasteiger partial charge on any atom is -0.391 e. The average molecular weight is 393 g/mol. The quantitative estimate of drug-likeness (QED) is 0.226. The van der Waals surface area contributed by atoms with Crippen molar-refractivity contribution in [3.63, 3.8) is 0 Å². The Kier molecular flexibility index (Phi) is 7.97. The molecule has 0 spiro atoms. The van der Waals surface area contributed by atoms with E-state index in [1.807, 2.05) is 13.8 Å². The van der Waals surface area contributed by atoms with E-state index in [0.29, 0.717) is 18.9 Å². The summed E-state index contributed by atoms with van der Waals surface area (Å²) < 4.78 is 11.2. The average Bonchev–Trinajstić information content (AvgIpc) is 2.59. The normalized spacial score (nSPS) is 47.2. The predicted molar refractivity (Wildman–Crippen MR) is 96.4 cm³/mol. The second kappa shape index (κ2) is 9.40. The zero-order chi connectivity index (χ0) is 20.5. The summed E-state index contributed by atoms with van der Waals surface area (Å²) in [6, 6.07) is -2.10. The molecule has 27 heavy (non-hydrogen) atoms. The van der Waals surface area contributed by atoms with Crippen LogP contribution in [0.25, 0.3) is 0 Å². The third-order valence-electron chi connectivity index (χ3n) is 5.29. The molecule has 1 aliphatic carbocycles. The first-order valence-corrected chi connectivity index (χ1v) is 9.50. The third kappa shape index (κ3) is 5.15. The summed E-state index contributed by atoms with van der Waals surface area (Å²) in [5.41, 5.74) is 12.0. The van der Waals surface area contributed by atoms with Gasteiger partial charge in [0.15, 0.2) is 6.29 Å². The maximum absolute atomic E-state index is 10.5. The second-order valence-corrected chi connectivity index (χ2v) is 8.16. The SMILES string of the molecule is CC(C)CN[C@@H]1CC(N)[C@@H](O[C@H]2OC([C@@H](C)O)[C@@H](O)[C@H](O)C2N)C(O)[C@@H]1O. The van der Waals surface area contributed by atoms with E-state index in [9.17, 15) is 25.5 Å². The molecule has 160 valence electrons. The molecule has 10 nitrogen and oxygen atoms in total. The van der Waals surface area contributed by atoms with Crippen molar-refractivity contribution in [2.24, 2.45) is 17.4 Å². The maximum atomic E-state index is 10.5. The van der Waals surface area contributed by atoms with Gasteiger partial charge in [0.25, 0.3) is 0 Å². The van der Waals surface area contributed by atoms with E-state index in [4.69, 9.17) is 20.9 Å². The maximum Gasteiger partial charge on any atom is 0.176 e. The van der Waals surface area contributed by atoms with Gasteiger partial charge in [-0.05, 0) is 25.8 Å². The van der Waals surface area contributed by atoms with Crippen molar-refractivity contribution in [1.29, 1.82) is 0 Å². The van der Waals surface area contributed by atoms with Crippen LogP contribution in [0.5, 0.6) is 0 Å². The highest BCUT2D eigenvalue weighted by Gasteiger charge is 2.49. The Balaban J connectivity index is 2.05. The lowest BCUT2D eigenvalue weighted by Crippen LogP contribution is -2.68. The first kappa shape index (κ1) is 22.9. The Morgan fingerprint density at radius 2 is 1.67 bits per heavy atom. The molecule has 2 aliphatic rings. The minimum atomic E-state index is -1.38. The van der Waals surface area contributed by atoms with Gasteiger partial charge in [0.1, 0.15) is 30.5 Å². The summed E-state index contributed by atoms with van der Waals surface area (Å²) >= 11 is 0. The Morgan fingerprint density at radius 3 is 2.22 bits per heavy atom. The predicted octanol–water partition coefficient (Wildman–Crippen LogP) is -3.41. The number of nitrogens with one attached hydrogen (secondary N) is 1. The van der Waals surface area contributed by atoms with Crippen LogP contribution in [0, 0.1) is 5.92 Å². The zero-order valence-corrected chi connectivity index (χ0v) is 16.0. The lowest BCUT2D eigenvalue weighted by Gasteiger charge is -2.47. The lowest BCUT2D eigenvalue weighted by molar-refractivity contribution is -0.301. The number of hydrogen-bond donors (Lipinski definition) is 8. The highest BCUT2D eigenvalue weighted by atomic mass is 16.7. The molecule has 1 saturated heterocycles. The minimum absolute atomic E-state index is 0.364. The van der Waals surface area contributed by atoms with E-state index < -0.39 is 61.1 Å². The molecule has 0 aromatic rings. The summed E-state index contributed by atoms with van der Waals surface area (Å²) in [5, 5.41) is 54.0. The van der Waals surface area contributed by atoms with Crippen molar-refractivity contribution < 1.29 is 35.0 Å². The van der Waals surface area contributed by atoms with E-state index in [0.717, 1.165) is 0 Å². The Labute approximate surface area is 159 Å². The van der Waals surface area contributed by atoms with Crippen LogP contribution in [-0.2, 0) is 9.47 Å².